The number of rotatable bonds is 7. The van der Waals surface area contributed by atoms with Crippen LogP contribution in [0.4, 0.5) is 0 Å². The summed E-state index contributed by atoms with van der Waals surface area (Å²) in [6.07, 6.45) is 5.16. The van der Waals surface area contributed by atoms with Crippen molar-refractivity contribution in [3.05, 3.63) is 50.9 Å². The molecule has 152 valence electrons. The predicted octanol–water partition coefficient (Wildman–Crippen LogP) is 2.32. The molecule has 0 saturated carbocycles. The van der Waals surface area contributed by atoms with E-state index in [-0.39, 0.29) is 18.0 Å². The highest BCUT2D eigenvalue weighted by Gasteiger charge is 2.21. The molecule has 0 bridgehead atoms. The number of carbonyl (C=O) groups excluding carboxylic acids is 1. The average Bonchev–Trinajstić information content (AvgIpc) is 3.31. The van der Waals surface area contributed by atoms with Crippen LogP contribution in [0.5, 0.6) is 11.5 Å². The number of thiophene rings is 1. The number of carbonyl (C=O) groups is 1. The summed E-state index contributed by atoms with van der Waals surface area (Å²) in [5, 5.41) is 3.57. The zero-order valence-corrected chi connectivity index (χ0v) is 17.3. The fourth-order valence-corrected chi connectivity index (χ4v) is 4.94. The molecular weight excluding hydrogens is 390 g/mol. The van der Waals surface area contributed by atoms with Crippen molar-refractivity contribution in [1.29, 1.82) is 0 Å². The molecule has 4 rings (SSSR count). The zero-order valence-electron chi connectivity index (χ0n) is 16.5. The van der Waals surface area contributed by atoms with E-state index in [1.807, 2.05) is 18.2 Å². The molecule has 1 aromatic carbocycles. The number of hydrogen-bond acceptors (Lipinski definition) is 6. The van der Waals surface area contributed by atoms with Gasteiger partial charge in [0.05, 0.1) is 25.9 Å². The van der Waals surface area contributed by atoms with Gasteiger partial charge in [-0.25, -0.2) is 4.98 Å². The van der Waals surface area contributed by atoms with Gasteiger partial charge in [0.25, 0.3) is 5.56 Å². The zero-order chi connectivity index (χ0) is 20.4. The largest absolute Gasteiger partial charge is 0.493 e. The van der Waals surface area contributed by atoms with Gasteiger partial charge in [0.15, 0.2) is 11.5 Å². The quantitative estimate of drug-likeness (QED) is 0.643. The Morgan fingerprint density at radius 2 is 2.07 bits per heavy atom. The predicted molar refractivity (Wildman–Crippen MR) is 112 cm³/mol. The molecule has 0 radical (unpaired) electrons. The van der Waals surface area contributed by atoms with Gasteiger partial charge in [-0.3, -0.25) is 14.2 Å². The first kappa shape index (κ1) is 19.4. The minimum Gasteiger partial charge on any atom is -0.493 e. The van der Waals surface area contributed by atoms with Crippen molar-refractivity contribution < 1.29 is 14.3 Å². The molecule has 1 aliphatic carbocycles. The van der Waals surface area contributed by atoms with Crippen LogP contribution in [0, 0.1) is 0 Å². The number of hydrogen-bond donors (Lipinski definition) is 1. The van der Waals surface area contributed by atoms with Crippen LogP contribution in [0.3, 0.4) is 0 Å². The fourth-order valence-electron chi connectivity index (χ4n) is 3.73. The van der Waals surface area contributed by atoms with Gasteiger partial charge in [-0.05, 0) is 48.9 Å². The van der Waals surface area contributed by atoms with Gasteiger partial charge in [0, 0.05) is 11.4 Å². The number of methoxy groups -OCH3 is 2. The summed E-state index contributed by atoms with van der Waals surface area (Å²) < 4.78 is 11.9. The third-order valence-electron chi connectivity index (χ3n) is 5.19. The minimum atomic E-state index is -0.208. The molecule has 7 nitrogen and oxygen atoms in total. The van der Waals surface area contributed by atoms with Crippen molar-refractivity contribution in [3.8, 4) is 11.5 Å². The third kappa shape index (κ3) is 3.85. The highest BCUT2D eigenvalue weighted by atomic mass is 32.1. The maximum Gasteiger partial charge on any atom is 0.262 e. The van der Waals surface area contributed by atoms with Crippen molar-refractivity contribution in [2.45, 2.75) is 32.2 Å². The van der Waals surface area contributed by atoms with E-state index >= 15 is 0 Å². The fraction of sp³-hybridized carbons (Fsp3) is 0.381. The van der Waals surface area contributed by atoms with E-state index in [2.05, 4.69) is 10.3 Å². The van der Waals surface area contributed by atoms with E-state index in [4.69, 9.17) is 9.47 Å². The Morgan fingerprint density at radius 3 is 2.86 bits per heavy atom. The molecule has 0 aliphatic heterocycles. The second kappa shape index (κ2) is 8.24. The highest BCUT2D eigenvalue weighted by Crippen LogP contribution is 2.34. The summed E-state index contributed by atoms with van der Waals surface area (Å²) in [5.74, 6) is 1.12. The summed E-state index contributed by atoms with van der Waals surface area (Å²) in [7, 11) is 3.19. The van der Waals surface area contributed by atoms with Crippen LogP contribution in [-0.2, 0) is 30.6 Å². The second-order valence-electron chi connectivity index (χ2n) is 7.00. The molecule has 2 heterocycles. The molecule has 29 heavy (non-hydrogen) atoms. The van der Waals surface area contributed by atoms with Gasteiger partial charge in [-0.15, -0.1) is 11.3 Å². The summed E-state index contributed by atoms with van der Waals surface area (Å²) in [5.41, 5.74) is 2.03. The summed E-state index contributed by atoms with van der Waals surface area (Å²) >= 11 is 1.60. The molecule has 1 aliphatic rings. The number of nitrogens with zero attached hydrogens (tertiary/aromatic N) is 2. The molecule has 0 spiro atoms. The van der Waals surface area contributed by atoms with Crippen molar-refractivity contribution in [3.63, 3.8) is 0 Å². The van der Waals surface area contributed by atoms with E-state index in [1.54, 1.807) is 25.6 Å². The van der Waals surface area contributed by atoms with Crippen molar-refractivity contribution in [1.82, 2.24) is 14.9 Å². The number of fused-ring (bicyclic) bond motifs is 3. The number of ether oxygens (including phenoxy) is 2. The van der Waals surface area contributed by atoms with Gasteiger partial charge < -0.3 is 14.8 Å². The molecular formula is C21H23N3O4S. The lowest BCUT2D eigenvalue weighted by Crippen LogP contribution is -2.33. The molecule has 1 N–H and O–H groups in total. The van der Waals surface area contributed by atoms with Crippen LogP contribution in [0.25, 0.3) is 10.2 Å². The standard InChI is InChI=1S/C21H23N3O4S/c1-27-15-7-6-13(10-16(15)28-2)8-9-22-18(25)11-24-12-23-20-19(21(24)26)14-4-3-5-17(14)29-20/h6-7,10,12H,3-5,8-9,11H2,1-2H3,(H,22,25). The van der Waals surface area contributed by atoms with E-state index < -0.39 is 0 Å². The smallest absolute Gasteiger partial charge is 0.262 e. The third-order valence-corrected chi connectivity index (χ3v) is 6.39. The number of nitrogens with one attached hydrogen (secondary N) is 1. The molecule has 0 atom stereocenters. The van der Waals surface area contributed by atoms with Gasteiger partial charge in [-0.2, -0.15) is 0 Å². The minimum absolute atomic E-state index is 0.0294. The molecule has 3 aromatic rings. The lowest BCUT2D eigenvalue weighted by Gasteiger charge is -2.10. The first-order valence-corrected chi connectivity index (χ1v) is 10.4. The van der Waals surface area contributed by atoms with E-state index in [9.17, 15) is 9.59 Å². The molecule has 0 fully saturated rings. The first-order chi connectivity index (χ1) is 14.1. The Labute approximate surface area is 172 Å². The number of aryl methyl sites for hydroxylation is 2. The summed E-state index contributed by atoms with van der Waals surface area (Å²) in [6, 6.07) is 5.67. The van der Waals surface area contributed by atoms with Gasteiger partial charge in [0.1, 0.15) is 11.4 Å². The molecule has 0 saturated heterocycles. The average molecular weight is 413 g/mol. The number of aromatic nitrogens is 2. The first-order valence-electron chi connectivity index (χ1n) is 9.58. The van der Waals surface area contributed by atoms with Crippen molar-refractivity contribution in [2.24, 2.45) is 0 Å². The van der Waals surface area contributed by atoms with Gasteiger partial charge in [-0.1, -0.05) is 6.07 Å². The number of benzene rings is 1. The van der Waals surface area contributed by atoms with E-state index in [0.717, 1.165) is 35.2 Å². The van der Waals surface area contributed by atoms with Gasteiger partial charge >= 0.3 is 0 Å². The Balaban J connectivity index is 1.39. The molecule has 2 aromatic heterocycles. The van der Waals surface area contributed by atoms with E-state index in [1.165, 1.54) is 15.8 Å². The van der Waals surface area contributed by atoms with Crippen LogP contribution < -0.4 is 20.3 Å². The normalized spacial score (nSPS) is 12.8. The van der Waals surface area contributed by atoms with Crippen LogP contribution in [0.2, 0.25) is 0 Å². The monoisotopic (exact) mass is 413 g/mol. The van der Waals surface area contributed by atoms with Crippen molar-refractivity contribution in [2.75, 3.05) is 20.8 Å². The Hall–Kier alpha value is -2.87. The van der Waals surface area contributed by atoms with Crippen LogP contribution in [0.1, 0.15) is 22.4 Å². The Bertz CT molecular complexity index is 1120. The summed E-state index contributed by atoms with van der Waals surface area (Å²) in [6.45, 7) is 0.435. The van der Waals surface area contributed by atoms with E-state index in [0.29, 0.717) is 29.9 Å². The van der Waals surface area contributed by atoms with Crippen LogP contribution in [0.15, 0.2) is 29.3 Å². The second-order valence-corrected chi connectivity index (χ2v) is 8.09. The molecule has 1 amide bonds. The topological polar surface area (TPSA) is 82.5 Å². The maximum atomic E-state index is 12.8. The lowest BCUT2D eigenvalue weighted by atomic mass is 10.1. The molecule has 0 unspecified atom stereocenters. The lowest BCUT2D eigenvalue weighted by molar-refractivity contribution is -0.121. The maximum absolute atomic E-state index is 12.8. The van der Waals surface area contributed by atoms with Crippen LogP contribution >= 0.6 is 11.3 Å². The SMILES string of the molecule is COc1ccc(CCNC(=O)Cn2cnc3sc4c(c3c2=O)CCC4)cc1OC. The van der Waals surface area contributed by atoms with Crippen molar-refractivity contribution >= 4 is 27.5 Å². The number of amides is 1. The highest BCUT2D eigenvalue weighted by molar-refractivity contribution is 7.18. The Morgan fingerprint density at radius 1 is 1.24 bits per heavy atom. The summed E-state index contributed by atoms with van der Waals surface area (Å²) in [4.78, 5) is 31.6. The van der Waals surface area contributed by atoms with Gasteiger partial charge in [0.2, 0.25) is 5.91 Å². The Kier molecular flexibility index (Phi) is 5.53. The molecule has 8 heteroatoms. The van der Waals surface area contributed by atoms with Crippen LogP contribution in [-0.4, -0.2) is 36.2 Å².